The van der Waals surface area contributed by atoms with Crippen molar-refractivity contribution in [3.05, 3.63) is 20.7 Å². The maximum absolute atomic E-state index is 11.4. The minimum atomic E-state index is -0.990. The molecule has 5 N–H and O–H groups in total. The Morgan fingerprint density at radius 2 is 2.29 bits per heavy atom. The molecule has 1 aromatic heterocycles. The Morgan fingerprint density at radius 3 is 2.82 bits per heavy atom. The number of amides is 1. The smallest absolute Gasteiger partial charge is 0.304 e. The van der Waals surface area contributed by atoms with E-state index in [1.165, 1.54) is 0 Å². The number of hydrogen-bond donors (Lipinski definition) is 4. The molecule has 0 radical (unpaired) electrons. The number of carbonyl (C=O) groups is 2. The summed E-state index contributed by atoms with van der Waals surface area (Å²) >= 11 is 1.01. The molecular formula is C9H13N3O4S. The van der Waals surface area contributed by atoms with E-state index in [1.54, 1.807) is 5.38 Å². The maximum Gasteiger partial charge on any atom is 0.304 e. The highest BCUT2D eigenvalue weighted by Crippen LogP contribution is 1.97. The zero-order chi connectivity index (χ0) is 12.8. The first-order valence-electron chi connectivity index (χ1n) is 4.91. The Kier molecular flexibility index (Phi) is 4.85. The summed E-state index contributed by atoms with van der Waals surface area (Å²) in [5, 5.41) is 12.5. The lowest BCUT2D eigenvalue weighted by Crippen LogP contribution is -2.40. The molecule has 1 aromatic rings. The third kappa shape index (κ3) is 4.79. The normalized spacial score (nSPS) is 12.1. The Morgan fingerprint density at radius 1 is 1.59 bits per heavy atom. The van der Waals surface area contributed by atoms with Crippen molar-refractivity contribution in [3.8, 4) is 0 Å². The topological polar surface area (TPSA) is 125 Å². The number of rotatable bonds is 6. The molecular weight excluding hydrogens is 246 g/mol. The number of aromatic nitrogens is 1. The first-order valence-corrected chi connectivity index (χ1v) is 5.79. The van der Waals surface area contributed by atoms with Crippen LogP contribution in [0.5, 0.6) is 0 Å². The van der Waals surface area contributed by atoms with Gasteiger partial charge in [-0.05, 0) is 6.42 Å². The zero-order valence-corrected chi connectivity index (χ0v) is 9.75. The molecule has 94 valence electrons. The number of carboxylic acids is 1. The molecule has 1 rings (SSSR count). The molecule has 0 aliphatic heterocycles. The van der Waals surface area contributed by atoms with E-state index in [1.807, 2.05) is 0 Å². The second kappa shape index (κ2) is 6.16. The van der Waals surface area contributed by atoms with E-state index in [9.17, 15) is 14.4 Å². The summed E-state index contributed by atoms with van der Waals surface area (Å²) in [6.45, 7) is 0.179. The van der Waals surface area contributed by atoms with E-state index in [4.69, 9.17) is 10.8 Å². The fourth-order valence-corrected chi connectivity index (χ4v) is 1.71. The van der Waals surface area contributed by atoms with E-state index >= 15 is 0 Å². The van der Waals surface area contributed by atoms with Gasteiger partial charge in [0, 0.05) is 17.5 Å². The number of hydrogen-bond acceptors (Lipinski definition) is 5. The number of aliphatic carboxylic acids is 1. The number of thiazole rings is 1. The molecule has 1 atom stereocenters. The lowest BCUT2D eigenvalue weighted by atomic mass is 10.1. The average Bonchev–Trinajstić information content (AvgIpc) is 2.68. The van der Waals surface area contributed by atoms with Gasteiger partial charge in [0.15, 0.2) is 0 Å². The second-order valence-corrected chi connectivity index (χ2v) is 4.27. The van der Waals surface area contributed by atoms with Crippen LogP contribution in [0.15, 0.2) is 10.2 Å². The first kappa shape index (κ1) is 13.4. The largest absolute Gasteiger partial charge is 0.481 e. The van der Waals surface area contributed by atoms with Crippen LogP contribution >= 0.6 is 11.3 Å². The molecule has 0 spiro atoms. The summed E-state index contributed by atoms with van der Waals surface area (Å²) in [6, 6.07) is -0.851. The first-order chi connectivity index (χ1) is 7.99. The number of aromatic amines is 1. The molecule has 1 unspecified atom stereocenters. The van der Waals surface area contributed by atoms with Gasteiger partial charge >= 0.3 is 10.8 Å². The van der Waals surface area contributed by atoms with E-state index in [2.05, 4.69) is 10.3 Å². The highest BCUT2D eigenvalue weighted by Gasteiger charge is 2.14. The third-order valence-corrected chi connectivity index (χ3v) is 2.75. The van der Waals surface area contributed by atoms with Gasteiger partial charge in [-0.15, -0.1) is 0 Å². The Hall–Kier alpha value is -1.67. The Labute approximate surface area is 101 Å². The highest BCUT2D eigenvalue weighted by molar-refractivity contribution is 7.07. The molecule has 0 aliphatic carbocycles. The molecule has 7 nitrogen and oxygen atoms in total. The van der Waals surface area contributed by atoms with Gasteiger partial charge in [-0.25, -0.2) is 0 Å². The van der Waals surface area contributed by atoms with E-state index in [0.717, 1.165) is 11.3 Å². The SMILES string of the molecule is NC(CCC(=O)O)C(=O)NCc1csc(=O)[nH]1. The standard InChI is InChI=1S/C9H13N3O4S/c10-6(1-2-7(13)14)8(15)11-3-5-4-17-9(16)12-5/h4,6H,1-3,10H2,(H,11,15)(H,12,16)(H,13,14). The van der Waals surface area contributed by atoms with Gasteiger partial charge in [-0.2, -0.15) is 0 Å². The second-order valence-electron chi connectivity index (χ2n) is 3.43. The minimum Gasteiger partial charge on any atom is -0.481 e. The van der Waals surface area contributed by atoms with Crippen LogP contribution in [0.2, 0.25) is 0 Å². The van der Waals surface area contributed by atoms with E-state index in [0.29, 0.717) is 5.69 Å². The number of carbonyl (C=O) groups excluding carboxylic acids is 1. The highest BCUT2D eigenvalue weighted by atomic mass is 32.1. The van der Waals surface area contributed by atoms with Crippen LogP contribution in [0.25, 0.3) is 0 Å². The van der Waals surface area contributed by atoms with Gasteiger partial charge in [0.1, 0.15) is 0 Å². The molecule has 17 heavy (non-hydrogen) atoms. The average molecular weight is 259 g/mol. The maximum atomic E-state index is 11.4. The van der Waals surface area contributed by atoms with Crippen molar-refractivity contribution in [2.45, 2.75) is 25.4 Å². The van der Waals surface area contributed by atoms with Crippen LogP contribution in [-0.2, 0) is 16.1 Å². The third-order valence-electron chi connectivity index (χ3n) is 2.03. The quantitative estimate of drug-likeness (QED) is 0.534. The molecule has 8 heteroatoms. The number of nitrogens with one attached hydrogen (secondary N) is 2. The van der Waals surface area contributed by atoms with E-state index < -0.39 is 17.9 Å². The lowest BCUT2D eigenvalue weighted by Gasteiger charge is -2.10. The molecule has 0 aliphatic rings. The summed E-state index contributed by atoms with van der Waals surface area (Å²) in [5.41, 5.74) is 6.09. The predicted molar refractivity (Wildman–Crippen MR) is 61.6 cm³/mol. The van der Waals surface area contributed by atoms with Crippen LogP contribution in [-0.4, -0.2) is 28.0 Å². The summed E-state index contributed by atoms with van der Waals surface area (Å²) in [5.74, 6) is -1.42. The lowest BCUT2D eigenvalue weighted by molar-refractivity contribution is -0.137. The molecule has 0 saturated carbocycles. The zero-order valence-electron chi connectivity index (χ0n) is 8.93. The fraction of sp³-hybridized carbons (Fsp3) is 0.444. The Bertz CT molecular complexity index is 453. The van der Waals surface area contributed by atoms with Crippen molar-refractivity contribution >= 4 is 23.2 Å². The summed E-state index contributed by atoms with van der Waals surface area (Å²) in [4.78, 5) is 34.9. The van der Waals surface area contributed by atoms with Gasteiger partial charge in [-0.3, -0.25) is 14.4 Å². The van der Waals surface area contributed by atoms with Crippen molar-refractivity contribution in [3.63, 3.8) is 0 Å². The van der Waals surface area contributed by atoms with E-state index in [-0.39, 0.29) is 24.3 Å². The van der Waals surface area contributed by atoms with Gasteiger partial charge in [-0.1, -0.05) is 11.3 Å². The van der Waals surface area contributed by atoms with Gasteiger partial charge in [0.05, 0.1) is 12.6 Å². The van der Waals surface area contributed by atoms with Crippen molar-refractivity contribution in [1.29, 1.82) is 0 Å². The van der Waals surface area contributed by atoms with Crippen LogP contribution in [0.3, 0.4) is 0 Å². The van der Waals surface area contributed by atoms with Crippen molar-refractivity contribution < 1.29 is 14.7 Å². The van der Waals surface area contributed by atoms with Gasteiger partial charge in [0.25, 0.3) is 0 Å². The molecule has 0 bridgehead atoms. The minimum absolute atomic E-state index is 0.0846. The number of nitrogens with two attached hydrogens (primary N) is 1. The molecule has 0 saturated heterocycles. The van der Waals surface area contributed by atoms with Crippen molar-refractivity contribution in [1.82, 2.24) is 10.3 Å². The van der Waals surface area contributed by atoms with Crippen molar-refractivity contribution in [2.75, 3.05) is 0 Å². The summed E-state index contributed by atoms with van der Waals surface area (Å²) in [6.07, 6.45) is -0.0643. The monoisotopic (exact) mass is 259 g/mol. The van der Waals surface area contributed by atoms with Crippen LogP contribution in [0, 0.1) is 0 Å². The molecule has 0 aromatic carbocycles. The number of H-pyrrole nitrogens is 1. The predicted octanol–water partition coefficient (Wildman–Crippen LogP) is -0.755. The molecule has 0 fully saturated rings. The van der Waals surface area contributed by atoms with Gasteiger partial charge < -0.3 is 21.1 Å². The summed E-state index contributed by atoms with van der Waals surface area (Å²) in [7, 11) is 0. The number of carboxylic acid groups (broad SMARTS) is 1. The van der Waals surface area contributed by atoms with Crippen LogP contribution < -0.4 is 15.9 Å². The summed E-state index contributed by atoms with van der Waals surface area (Å²) < 4.78 is 0. The van der Waals surface area contributed by atoms with Crippen LogP contribution in [0.1, 0.15) is 18.5 Å². The van der Waals surface area contributed by atoms with Crippen molar-refractivity contribution in [2.24, 2.45) is 5.73 Å². The fourth-order valence-electron chi connectivity index (χ4n) is 1.12. The van der Waals surface area contributed by atoms with Gasteiger partial charge in [0.2, 0.25) is 5.91 Å². The molecule has 1 heterocycles. The van der Waals surface area contributed by atoms with Crippen LogP contribution in [0.4, 0.5) is 0 Å². The molecule has 1 amide bonds. The Balaban J connectivity index is 2.33.